The SMILES string of the molecule is O=C(NC1CCSCC1)C1CCNCC1. The topological polar surface area (TPSA) is 41.1 Å². The fraction of sp³-hybridized carbons (Fsp3) is 0.909. The molecule has 0 aromatic carbocycles. The number of amides is 1. The summed E-state index contributed by atoms with van der Waals surface area (Å²) >= 11 is 2.00. The monoisotopic (exact) mass is 228 g/mol. The van der Waals surface area contributed by atoms with Crippen LogP contribution in [-0.2, 0) is 4.79 Å². The van der Waals surface area contributed by atoms with Crippen LogP contribution in [0.1, 0.15) is 25.7 Å². The predicted molar refractivity (Wildman–Crippen MR) is 64.1 cm³/mol. The van der Waals surface area contributed by atoms with Crippen molar-refractivity contribution in [3.8, 4) is 0 Å². The smallest absolute Gasteiger partial charge is 0.223 e. The van der Waals surface area contributed by atoms with Crippen LogP contribution in [0.4, 0.5) is 0 Å². The van der Waals surface area contributed by atoms with Crippen molar-refractivity contribution in [3.63, 3.8) is 0 Å². The first-order valence-corrected chi connectivity index (χ1v) is 7.10. The highest BCUT2D eigenvalue weighted by Gasteiger charge is 2.23. The third-order valence-electron chi connectivity index (χ3n) is 3.28. The standard InChI is InChI=1S/C11H20N2OS/c14-11(9-1-5-12-6-2-9)13-10-3-7-15-8-4-10/h9-10,12H,1-8H2,(H,13,14). The summed E-state index contributed by atoms with van der Waals surface area (Å²) in [5, 5.41) is 6.50. The fourth-order valence-corrected chi connectivity index (χ4v) is 3.35. The zero-order valence-electron chi connectivity index (χ0n) is 9.13. The Bertz CT molecular complexity index is 211. The number of thioether (sulfide) groups is 1. The maximum atomic E-state index is 11.9. The highest BCUT2D eigenvalue weighted by Crippen LogP contribution is 2.18. The molecule has 2 aliphatic heterocycles. The lowest BCUT2D eigenvalue weighted by atomic mass is 9.96. The van der Waals surface area contributed by atoms with Crippen LogP contribution >= 0.6 is 11.8 Å². The lowest BCUT2D eigenvalue weighted by molar-refractivity contribution is -0.126. The third kappa shape index (κ3) is 3.38. The molecule has 15 heavy (non-hydrogen) atoms. The Labute approximate surface area is 95.8 Å². The zero-order valence-corrected chi connectivity index (χ0v) is 9.94. The van der Waals surface area contributed by atoms with Gasteiger partial charge in [0.05, 0.1) is 0 Å². The number of rotatable bonds is 2. The quantitative estimate of drug-likeness (QED) is 0.741. The first kappa shape index (κ1) is 11.3. The summed E-state index contributed by atoms with van der Waals surface area (Å²) in [5.41, 5.74) is 0. The molecule has 2 heterocycles. The molecule has 2 rings (SSSR count). The number of hydrogen-bond donors (Lipinski definition) is 2. The van der Waals surface area contributed by atoms with Crippen molar-refractivity contribution in [2.75, 3.05) is 24.6 Å². The van der Waals surface area contributed by atoms with E-state index in [9.17, 15) is 4.79 Å². The number of hydrogen-bond acceptors (Lipinski definition) is 3. The van der Waals surface area contributed by atoms with E-state index < -0.39 is 0 Å². The van der Waals surface area contributed by atoms with E-state index in [1.807, 2.05) is 11.8 Å². The molecule has 3 nitrogen and oxygen atoms in total. The van der Waals surface area contributed by atoms with Crippen LogP contribution in [0.15, 0.2) is 0 Å². The van der Waals surface area contributed by atoms with E-state index in [0.29, 0.717) is 11.9 Å². The van der Waals surface area contributed by atoms with E-state index in [1.54, 1.807) is 0 Å². The summed E-state index contributed by atoms with van der Waals surface area (Å²) in [7, 11) is 0. The van der Waals surface area contributed by atoms with Gasteiger partial charge >= 0.3 is 0 Å². The number of nitrogens with one attached hydrogen (secondary N) is 2. The molecule has 2 fully saturated rings. The molecule has 2 aliphatic rings. The first-order valence-electron chi connectivity index (χ1n) is 5.95. The van der Waals surface area contributed by atoms with Gasteiger partial charge in [0, 0.05) is 12.0 Å². The van der Waals surface area contributed by atoms with Gasteiger partial charge in [0.2, 0.25) is 5.91 Å². The summed E-state index contributed by atoms with van der Waals surface area (Å²) in [6.45, 7) is 2.00. The summed E-state index contributed by atoms with van der Waals surface area (Å²) in [6.07, 6.45) is 4.32. The van der Waals surface area contributed by atoms with E-state index in [2.05, 4.69) is 10.6 Å². The van der Waals surface area contributed by atoms with E-state index in [1.165, 1.54) is 11.5 Å². The van der Waals surface area contributed by atoms with Crippen LogP contribution in [-0.4, -0.2) is 36.5 Å². The van der Waals surface area contributed by atoms with Gasteiger partial charge in [0.1, 0.15) is 0 Å². The molecule has 0 spiro atoms. The normalized spacial score (nSPS) is 25.1. The fourth-order valence-electron chi connectivity index (χ4n) is 2.25. The van der Waals surface area contributed by atoms with Crippen molar-refractivity contribution < 1.29 is 4.79 Å². The minimum atomic E-state index is 0.265. The molecule has 0 radical (unpaired) electrons. The van der Waals surface area contributed by atoms with Gasteiger partial charge in [-0.25, -0.2) is 0 Å². The molecule has 0 aromatic rings. The second-order valence-electron chi connectivity index (χ2n) is 4.42. The van der Waals surface area contributed by atoms with Crippen LogP contribution in [0.3, 0.4) is 0 Å². The Kier molecular flexibility index (Phi) is 4.32. The van der Waals surface area contributed by atoms with Crippen molar-refractivity contribution in [2.45, 2.75) is 31.7 Å². The van der Waals surface area contributed by atoms with Crippen LogP contribution in [0.5, 0.6) is 0 Å². The van der Waals surface area contributed by atoms with Gasteiger partial charge in [-0.15, -0.1) is 0 Å². The van der Waals surface area contributed by atoms with Crippen LogP contribution in [0, 0.1) is 5.92 Å². The lowest BCUT2D eigenvalue weighted by Gasteiger charge is -2.27. The van der Waals surface area contributed by atoms with Gasteiger partial charge in [-0.1, -0.05) is 0 Å². The maximum Gasteiger partial charge on any atom is 0.223 e. The minimum absolute atomic E-state index is 0.265. The zero-order chi connectivity index (χ0) is 10.5. The molecule has 0 aromatic heterocycles. The van der Waals surface area contributed by atoms with E-state index in [0.717, 1.165) is 38.8 Å². The Hall–Kier alpha value is -0.220. The number of piperidine rings is 1. The van der Waals surface area contributed by atoms with Gasteiger partial charge in [0.15, 0.2) is 0 Å². The number of carbonyl (C=O) groups excluding carboxylic acids is 1. The highest BCUT2D eigenvalue weighted by atomic mass is 32.2. The highest BCUT2D eigenvalue weighted by molar-refractivity contribution is 7.99. The minimum Gasteiger partial charge on any atom is -0.353 e. The van der Waals surface area contributed by atoms with Gasteiger partial charge in [0.25, 0.3) is 0 Å². The largest absolute Gasteiger partial charge is 0.353 e. The summed E-state index contributed by atoms with van der Waals surface area (Å²) in [6, 6.07) is 0.452. The van der Waals surface area contributed by atoms with Crippen molar-refractivity contribution >= 4 is 17.7 Å². The Morgan fingerprint density at radius 3 is 2.47 bits per heavy atom. The second kappa shape index (κ2) is 5.75. The average molecular weight is 228 g/mol. The third-order valence-corrected chi connectivity index (χ3v) is 4.33. The molecule has 0 unspecified atom stereocenters. The summed E-state index contributed by atoms with van der Waals surface area (Å²) < 4.78 is 0. The molecular weight excluding hydrogens is 208 g/mol. The molecule has 0 atom stereocenters. The van der Waals surface area contributed by atoms with Crippen LogP contribution < -0.4 is 10.6 Å². The Morgan fingerprint density at radius 1 is 1.13 bits per heavy atom. The van der Waals surface area contributed by atoms with Gasteiger partial charge in [-0.05, 0) is 50.3 Å². The Morgan fingerprint density at radius 2 is 1.80 bits per heavy atom. The van der Waals surface area contributed by atoms with E-state index in [4.69, 9.17) is 0 Å². The molecular formula is C11H20N2OS. The summed E-state index contributed by atoms with van der Waals surface area (Å²) in [4.78, 5) is 11.9. The average Bonchev–Trinajstić information content (AvgIpc) is 2.31. The van der Waals surface area contributed by atoms with Crippen molar-refractivity contribution in [3.05, 3.63) is 0 Å². The van der Waals surface area contributed by atoms with Gasteiger partial charge in [-0.3, -0.25) is 4.79 Å². The van der Waals surface area contributed by atoms with Crippen LogP contribution in [0.2, 0.25) is 0 Å². The molecule has 2 N–H and O–H groups in total. The molecule has 4 heteroatoms. The summed E-state index contributed by atoms with van der Waals surface area (Å²) in [5.74, 6) is 2.98. The molecule has 86 valence electrons. The molecule has 0 bridgehead atoms. The maximum absolute atomic E-state index is 11.9. The number of carbonyl (C=O) groups is 1. The van der Waals surface area contributed by atoms with Crippen molar-refractivity contribution in [1.29, 1.82) is 0 Å². The molecule has 0 saturated carbocycles. The molecule has 1 amide bonds. The van der Waals surface area contributed by atoms with Gasteiger partial charge < -0.3 is 10.6 Å². The Balaban J connectivity index is 1.74. The van der Waals surface area contributed by atoms with Crippen molar-refractivity contribution in [2.24, 2.45) is 5.92 Å². The second-order valence-corrected chi connectivity index (χ2v) is 5.64. The van der Waals surface area contributed by atoms with E-state index >= 15 is 0 Å². The van der Waals surface area contributed by atoms with Crippen molar-refractivity contribution in [1.82, 2.24) is 10.6 Å². The van der Waals surface area contributed by atoms with Crippen LogP contribution in [0.25, 0.3) is 0 Å². The molecule has 0 aliphatic carbocycles. The predicted octanol–water partition coefficient (Wildman–Crippen LogP) is 0.998. The molecule has 2 saturated heterocycles. The first-order chi connectivity index (χ1) is 7.36. The lowest BCUT2D eigenvalue weighted by Crippen LogP contribution is -2.43. The van der Waals surface area contributed by atoms with E-state index in [-0.39, 0.29) is 5.92 Å². The van der Waals surface area contributed by atoms with Gasteiger partial charge in [-0.2, -0.15) is 11.8 Å².